The molecule has 28 heavy (non-hydrogen) atoms. The highest BCUT2D eigenvalue weighted by atomic mass is 16.2. The molecule has 1 amide bonds. The molecule has 2 aliphatic heterocycles. The molecular formula is C23H32N4O. The highest BCUT2D eigenvalue weighted by Gasteiger charge is 2.40. The second-order valence-electron chi connectivity index (χ2n) is 9.38. The first kappa shape index (κ1) is 19.2. The van der Waals surface area contributed by atoms with Gasteiger partial charge in [0.25, 0.3) is 0 Å². The van der Waals surface area contributed by atoms with Crippen molar-refractivity contribution in [1.29, 1.82) is 0 Å². The third-order valence-corrected chi connectivity index (χ3v) is 6.38. The maximum Gasteiger partial charge on any atom is 0.228 e. The average molecular weight is 381 g/mol. The van der Waals surface area contributed by atoms with E-state index in [0.717, 1.165) is 38.0 Å². The van der Waals surface area contributed by atoms with Crippen molar-refractivity contribution >= 4 is 5.91 Å². The van der Waals surface area contributed by atoms with Crippen molar-refractivity contribution in [3.63, 3.8) is 0 Å². The summed E-state index contributed by atoms with van der Waals surface area (Å²) in [6.07, 6.45) is 6.09. The number of aromatic nitrogens is 2. The number of hydrogen-bond acceptors (Lipinski definition) is 3. The van der Waals surface area contributed by atoms with E-state index < -0.39 is 0 Å². The topological polar surface area (TPSA) is 50.2 Å². The Bertz CT molecular complexity index is 833. The highest BCUT2D eigenvalue weighted by molar-refractivity contribution is 5.81. The van der Waals surface area contributed by atoms with Crippen LogP contribution in [-0.2, 0) is 17.3 Å². The normalized spacial score (nSPS) is 25.4. The number of nitrogens with zero attached hydrogens (tertiary/aromatic N) is 3. The number of carbonyl (C=O) groups excluding carboxylic acids is 1. The fraction of sp³-hybridized carbons (Fsp3) is 0.565. The van der Waals surface area contributed by atoms with Crippen LogP contribution in [0.2, 0.25) is 0 Å². The number of carbonyl (C=O) groups is 1. The van der Waals surface area contributed by atoms with Gasteiger partial charge < -0.3 is 10.2 Å². The van der Waals surface area contributed by atoms with Crippen LogP contribution >= 0.6 is 0 Å². The average Bonchev–Trinajstić information content (AvgIpc) is 3.40. The number of nitrogens with one attached hydrogen (secondary N) is 1. The SMILES string of the molecule is Cn1cc([C@H]2CNC[C@@H]2C(=O)N2CCCC2c2ccc(C(C)(C)C)cc2)cn1. The molecule has 0 radical (unpaired) electrons. The van der Waals surface area contributed by atoms with Gasteiger partial charge in [0.05, 0.1) is 18.2 Å². The summed E-state index contributed by atoms with van der Waals surface area (Å²) >= 11 is 0. The molecule has 2 aliphatic rings. The molecule has 0 bridgehead atoms. The summed E-state index contributed by atoms with van der Waals surface area (Å²) in [6.45, 7) is 9.17. The zero-order chi connectivity index (χ0) is 19.9. The van der Waals surface area contributed by atoms with E-state index in [-0.39, 0.29) is 23.3 Å². The van der Waals surface area contributed by atoms with E-state index in [2.05, 4.69) is 60.4 Å². The minimum absolute atomic E-state index is 0.00125. The van der Waals surface area contributed by atoms with Crippen molar-refractivity contribution in [3.05, 3.63) is 53.3 Å². The fourth-order valence-electron chi connectivity index (χ4n) is 4.72. The molecule has 1 N–H and O–H groups in total. The van der Waals surface area contributed by atoms with Crippen LogP contribution in [0, 0.1) is 5.92 Å². The molecule has 2 saturated heterocycles. The van der Waals surface area contributed by atoms with Gasteiger partial charge >= 0.3 is 0 Å². The Kier molecular flexibility index (Phi) is 5.04. The second kappa shape index (κ2) is 7.36. The van der Waals surface area contributed by atoms with Crippen LogP contribution in [0.1, 0.15) is 62.3 Å². The predicted molar refractivity (Wildman–Crippen MR) is 111 cm³/mol. The minimum atomic E-state index is -0.00125. The summed E-state index contributed by atoms with van der Waals surface area (Å²) in [5, 5.41) is 7.74. The molecule has 5 nitrogen and oxygen atoms in total. The van der Waals surface area contributed by atoms with Crippen LogP contribution in [0.5, 0.6) is 0 Å². The number of likely N-dealkylation sites (tertiary alicyclic amines) is 1. The Balaban J connectivity index is 1.53. The summed E-state index contributed by atoms with van der Waals surface area (Å²) in [6, 6.07) is 9.11. The van der Waals surface area contributed by atoms with Crippen LogP contribution in [0.4, 0.5) is 0 Å². The zero-order valence-corrected chi connectivity index (χ0v) is 17.5. The number of benzene rings is 1. The monoisotopic (exact) mass is 380 g/mol. The van der Waals surface area contributed by atoms with Crippen molar-refractivity contribution in [2.45, 2.75) is 51.0 Å². The van der Waals surface area contributed by atoms with E-state index in [1.807, 2.05) is 24.1 Å². The van der Waals surface area contributed by atoms with Gasteiger partial charge in [-0.15, -0.1) is 0 Å². The van der Waals surface area contributed by atoms with Crippen LogP contribution < -0.4 is 5.32 Å². The standard InChI is InChI=1S/C23H32N4O/c1-23(2,3)18-9-7-16(8-10-18)21-6-5-11-27(21)22(28)20-14-24-13-19(20)17-12-25-26(4)15-17/h7-10,12,15,19-21,24H,5-6,11,13-14H2,1-4H3/t19-,20+,21?/m1/s1. The molecule has 5 heteroatoms. The van der Waals surface area contributed by atoms with Crippen LogP contribution in [-0.4, -0.2) is 40.2 Å². The second-order valence-corrected chi connectivity index (χ2v) is 9.38. The molecule has 2 aromatic rings. The quantitative estimate of drug-likeness (QED) is 0.888. The van der Waals surface area contributed by atoms with Gasteiger partial charge in [-0.2, -0.15) is 5.10 Å². The molecule has 4 rings (SSSR count). The third kappa shape index (κ3) is 3.60. The third-order valence-electron chi connectivity index (χ3n) is 6.38. The van der Waals surface area contributed by atoms with Gasteiger partial charge in [0.15, 0.2) is 0 Å². The lowest BCUT2D eigenvalue weighted by Gasteiger charge is -2.30. The Morgan fingerprint density at radius 3 is 2.54 bits per heavy atom. The molecule has 3 heterocycles. The Morgan fingerprint density at radius 1 is 1.14 bits per heavy atom. The summed E-state index contributed by atoms with van der Waals surface area (Å²) in [7, 11) is 1.93. The number of aryl methyl sites for hydroxylation is 1. The number of amides is 1. The first-order valence-corrected chi connectivity index (χ1v) is 10.4. The first-order chi connectivity index (χ1) is 13.3. The molecule has 2 fully saturated rings. The van der Waals surface area contributed by atoms with E-state index in [0.29, 0.717) is 5.91 Å². The van der Waals surface area contributed by atoms with E-state index in [9.17, 15) is 4.79 Å². The molecule has 1 aromatic carbocycles. The van der Waals surface area contributed by atoms with Gasteiger partial charge in [0.1, 0.15) is 0 Å². The van der Waals surface area contributed by atoms with Crippen LogP contribution in [0.15, 0.2) is 36.7 Å². The summed E-state index contributed by atoms with van der Waals surface area (Å²) in [5.41, 5.74) is 3.92. The Morgan fingerprint density at radius 2 is 1.89 bits per heavy atom. The maximum atomic E-state index is 13.5. The lowest BCUT2D eigenvalue weighted by molar-refractivity contribution is -0.136. The number of hydrogen-bond donors (Lipinski definition) is 1. The van der Waals surface area contributed by atoms with Gasteiger partial charge in [-0.1, -0.05) is 45.0 Å². The van der Waals surface area contributed by atoms with Gasteiger partial charge in [-0.05, 0) is 34.9 Å². The maximum absolute atomic E-state index is 13.5. The van der Waals surface area contributed by atoms with E-state index in [1.54, 1.807) is 0 Å². The summed E-state index contributed by atoms with van der Waals surface area (Å²) < 4.78 is 1.82. The molecule has 0 saturated carbocycles. The van der Waals surface area contributed by atoms with Crippen molar-refractivity contribution in [2.24, 2.45) is 13.0 Å². The first-order valence-electron chi connectivity index (χ1n) is 10.4. The molecule has 1 aromatic heterocycles. The Hall–Kier alpha value is -2.14. The molecule has 3 atom stereocenters. The largest absolute Gasteiger partial charge is 0.335 e. The predicted octanol–water partition coefficient (Wildman–Crippen LogP) is 3.38. The smallest absolute Gasteiger partial charge is 0.228 e. The molecule has 0 aliphatic carbocycles. The van der Waals surface area contributed by atoms with Crippen molar-refractivity contribution < 1.29 is 4.79 Å². The molecule has 1 unspecified atom stereocenters. The summed E-state index contributed by atoms with van der Waals surface area (Å²) in [4.78, 5) is 15.6. The molecule has 0 spiro atoms. The van der Waals surface area contributed by atoms with Crippen molar-refractivity contribution in [1.82, 2.24) is 20.0 Å². The van der Waals surface area contributed by atoms with Gasteiger partial charge in [-0.25, -0.2) is 0 Å². The molecule has 150 valence electrons. The molecular weight excluding hydrogens is 348 g/mol. The van der Waals surface area contributed by atoms with Crippen LogP contribution in [0.25, 0.3) is 0 Å². The Labute approximate surface area is 168 Å². The fourth-order valence-corrected chi connectivity index (χ4v) is 4.72. The van der Waals surface area contributed by atoms with E-state index >= 15 is 0 Å². The van der Waals surface area contributed by atoms with E-state index in [1.165, 1.54) is 11.1 Å². The summed E-state index contributed by atoms with van der Waals surface area (Å²) in [5.74, 6) is 0.505. The number of rotatable bonds is 3. The zero-order valence-electron chi connectivity index (χ0n) is 17.5. The highest BCUT2D eigenvalue weighted by Crippen LogP contribution is 2.37. The van der Waals surface area contributed by atoms with Gasteiger partial charge in [-0.3, -0.25) is 9.48 Å². The lowest BCUT2D eigenvalue weighted by atomic mass is 9.86. The van der Waals surface area contributed by atoms with Gasteiger partial charge in [0, 0.05) is 38.8 Å². The van der Waals surface area contributed by atoms with Gasteiger partial charge in [0.2, 0.25) is 5.91 Å². The van der Waals surface area contributed by atoms with Crippen molar-refractivity contribution in [2.75, 3.05) is 19.6 Å². The van der Waals surface area contributed by atoms with E-state index in [4.69, 9.17) is 0 Å². The van der Waals surface area contributed by atoms with Crippen LogP contribution in [0.3, 0.4) is 0 Å². The van der Waals surface area contributed by atoms with Crippen molar-refractivity contribution in [3.8, 4) is 0 Å². The minimum Gasteiger partial charge on any atom is -0.335 e. The lowest BCUT2D eigenvalue weighted by Crippen LogP contribution is -2.38.